The minimum absolute atomic E-state index is 0.160. The predicted molar refractivity (Wildman–Crippen MR) is 86.0 cm³/mol. The van der Waals surface area contributed by atoms with Crippen LogP contribution in [0.15, 0.2) is 48.5 Å². The normalized spacial score (nSPS) is 13.0. The van der Waals surface area contributed by atoms with Gasteiger partial charge < -0.3 is 14.8 Å². The van der Waals surface area contributed by atoms with Crippen LogP contribution in [-0.2, 0) is 4.79 Å². The van der Waals surface area contributed by atoms with Gasteiger partial charge in [0.15, 0.2) is 6.10 Å². The Labute approximate surface area is 135 Å². The first-order valence-corrected chi connectivity index (χ1v) is 7.36. The number of nitrogens with one attached hydrogen (secondary N) is 1. The zero-order valence-corrected chi connectivity index (χ0v) is 13.4. The van der Waals surface area contributed by atoms with Crippen molar-refractivity contribution in [1.82, 2.24) is 5.32 Å². The molecule has 0 bridgehead atoms. The van der Waals surface area contributed by atoms with Crippen LogP contribution in [0.4, 0.5) is 4.39 Å². The fourth-order valence-electron chi connectivity index (χ4n) is 2.08. The molecule has 122 valence electrons. The van der Waals surface area contributed by atoms with Gasteiger partial charge in [-0.05, 0) is 55.8 Å². The Kier molecular flexibility index (Phi) is 5.57. The molecule has 5 heteroatoms. The first-order chi connectivity index (χ1) is 11.0. The van der Waals surface area contributed by atoms with Crippen LogP contribution in [0.5, 0.6) is 11.5 Å². The number of methoxy groups -OCH3 is 1. The van der Waals surface area contributed by atoms with Gasteiger partial charge in [0, 0.05) is 0 Å². The molecule has 0 heterocycles. The second-order valence-electron chi connectivity index (χ2n) is 5.22. The maximum Gasteiger partial charge on any atom is 0.261 e. The van der Waals surface area contributed by atoms with Gasteiger partial charge in [0.25, 0.3) is 5.91 Å². The lowest BCUT2D eigenvalue weighted by molar-refractivity contribution is -0.127. The molecule has 0 aromatic heterocycles. The first-order valence-electron chi connectivity index (χ1n) is 7.36. The average Bonchev–Trinajstić information content (AvgIpc) is 2.56. The molecule has 0 saturated heterocycles. The fourth-order valence-corrected chi connectivity index (χ4v) is 2.08. The van der Waals surface area contributed by atoms with Gasteiger partial charge in [-0.25, -0.2) is 4.39 Å². The minimum atomic E-state index is -0.679. The number of ether oxygens (including phenoxy) is 2. The fraction of sp³-hybridized carbons (Fsp3) is 0.278. The van der Waals surface area contributed by atoms with Crippen molar-refractivity contribution in [3.63, 3.8) is 0 Å². The Morgan fingerprint density at radius 2 is 1.57 bits per heavy atom. The van der Waals surface area contributed by atoms with Crippen LogP contribution in [0.2, 0.25) is 0 Å². The highest BCUT2D eigenvalue weighted by atomic mass is 19.1. The molecule has 0 spiro atoms. The van der Waals surface area contributed by atoms with E-state index in [0.29, 0.717) is 5.75 Å². The van der Waals surface area contributed by atoms with Gasteiger partial charge >= 0.3 is 0 Å². The largest absolute Gasteiger partial charge is 0.497 e. The van der Waals surface area contributed by atoms with Crippen molar-refractivity contribution in [2.45, 2.75) is 26.0 Å². The molecule has 0 fully saturated rings. The standard InChI is InChI=1S/C18H20FNO3/c1-12(14-4-8-16(22-3)9-5-14)20-18(21)13(2)23-17-10-6-15(19)7-11-17/h4-13H,1-3H3,(H,20,21)/t12-,13+/m0/s1. The molecular weight excluding hydrogens is 297 g/mol. The number of amides is 1. The summed E-state index contributed by atoms with van der Waals surface area (Å²) < 4.78 is 23.5. The zero-order chi connectivity index (χ0) is 16.8. The van der Waals surface area contributed by atoms with E-state index in [4.69, 9.17) is 9.47 Å². The van der Waals surface area contributed by atoms with E-state index in [2.05, 4.69) is 5.32 Å². The summed E-state index contributed by atoms with van der Waals surface area (Å²) in [6.07, 6.45) is -0.679. The number of carbonyl (C=O) groups excluding carboxylic acids is 1. The smallest absolute Gasteiger partial charge is 0.261 e. The van der Waals surface area contributed by atoms with Crippen molar-refractivity contribution in [3.05, 3.63) is 59.9 Å². The number of benzene rings is 2. The summed E-state index contributed by atoms with van der Waals surface area (Å²) in [5.74, 6) is 0.631. The molecular formula is C18H20FNO3. The van der Waals surface area contributed by atoms with Crippen molar-refractivity contribution < 1.29 is 18.7 Å². The van der Waals surface area contributed by atoms with E-state index in [9.17, 15) is 9.18 Å². The van der Waals surface area contributed by atoms with Crippen LogP contribution in [0.3, 0.4) is 0 Å². The van der Waals surface area contributed by atoms with Crippen LogP contribution in [0.1, 0.15) is 25.5 Å². The number of hydrogen-bond acceptors (Lipinski definition) is 3. The monoisotopic (exact) mass is 317 g/mol. The summed E-state index contributed by atoms with van der Waals surface area (Å²) in [5.41, 5.74) is 0.966. The summed E-state index contributed by atoms with van der Waals surface area (Å²) in [7, 11) is 1.61. The summed E-state index contributed by atoms with van der Waals surface area (Å²) >= 11 is 0. The van der Waals surface area contributed by atoms with E-state index in [-0.39, 0.29) is 17.8 Å². The van der Waals surface area contributed by atoms with E-state index < -0.39 is 6.10 Å². The lowest BCUT2D eigenvalue weighted by Crippen LogP contribution is -2.37. The van der Waals surface area contributed by atoms with Gasteiger partial charge in [-0.15, -0.1) is 0 Å². The molecule has 2 aromatic rings. The maximum absolute atomic E-state index is 12.9. The quantitative estimate of drug-likeness (QED) is 0.887. The van der Waals surface area contributed by atoms with Crippen molar-refractivity contribution in [2.75, 3.05) is 7.11 Å². The topological polar surface area (TPSA) is 47.6 Å². The van der Waals surface area contributed by atoms with Crippen LogP contribution >= 0.6 is 0 Å². The van der Waals surface area contributed by atoms with Crippen molar-refractivity contribution in [3.8, 4) is 11.5 Å². The molecule has 23 heavy (non-hydrogen) atoms. The Balaban J connectivity index is 1.92. The molecule has 1 N–H and O–H groups in total. The van der Waals surface area contributed by atoms with E-state index in [1.54, 1.807) is 14.0 Å². The summed E-state index contributed by atoms with van der Waals surface area (Å²) in [6, 6.07) is 12.9. The van der Waals surface area contributed by atoms with E-state index >= 15 is 0 Å². The maximum atomic E-state index is 12.9. The third kappa shape index (κ3) is 4.71. The number of hydrogen-bond donors (Lipinski definition) is 1. The predicted octanol–water partition coefficient (Wildman–Crippen LogP) is 3.48. The second-order valence-corrected chi connectivity index (χ2v) is 5.22. The van der Waals surface area contributed by atoms with Gasteiger partial charge in [-0.3, -0.25) is 4.79 Å². The highest BCUT2D eigenvalue weighted by Crippen LogP contribution is 2.18. The van der Waals surface area contributed by atoms with Crippen LogP contribution < -0.4 is 14.8 Å². The van der Waals surface area contributed by atoms with E-state index in [1.165, 1.54) is 24.3 Å². The van der Waals surface area contributed by atoms with Gasteiger partial charge in [0.05, 0.1) is 13.2 Å². The first kappa shape index (κ1) is 16.8. The highest BCUT2D eigenvalue weighted by Gasteiger charge is 2.17. The molecule has 4 nitrogen and oxygen atoms in total. The molecule has 2 aromatic carbocycles. The third-order valence-corrected chi connectivity index (χ3v) is 3.47. The molecule has 0 aliphatic rings. The van der Waals surface area contributed by atoms with Gasteiger partial charge in [-0.1, -0.05) is 12.1 Å². The molecule has 2 atom stereocenters. The summed E-state index contributed by atoms with van der Waals surface area (Å²) in [4.78, 5) is 12.2. The summed E-state index contributed by atoms with van der Waals surface area (Å²) in [6.45, 7) is 3.55. The van der Waals surface area contributed by atoms with Crippen molar-refractivity contribution >= 4 is 5.91 Å². The van der Waals surface area contributed by atoms with E-state index in [1.807, 2.05) is 31.2 Å². The Morgan fingerprint density at radius 3 is 2.13 bits per heavy atom. The van der Waals surface area contributed by atoms with Crippen molar-refractivity contribution in [1.29, 1.82) is 0 Å². The van der Waals surface area contributed by atoms with Gasteiger partial charge in [0.2, 0.25) is 0 Å². The Bertz CT molecular complexity index is 640. The lowest BCUT2D eigenvalue weighted by Gasteiger charge is -2.19. The molecule has 0 radical (unpaired) electrons. The van der Waals surface area contributed by atoms with Crippen LogP contribution in [-0.4, -0.2) is 19.1 Å². The third-order valence-electron chi connectivity index (χ3n) is 3.47. The number of rotatable bonds is 6. The van der Waals surface area contributed by atoms with Crippen molar-refractivity contribution in [2.24, 2.45) is 0 Å². The van der Waals surface area contributed by atoms with Crippen LogP contribution in [0.25, 0.3) is 0 Å². The van der Waals surface area contributed by atoms with Crippen LogP contribution in [0, 0.1) is 5.82 Å². The Morgan fingerprint density at radius 1 is 1.00 bits per heavy atom. The van der Waals surface area contributed by atoms with Gasteiger partial charge in [-0.2, -0.15) is 0 Å². The number of carbonyl (C=O) groups is 1. The van der Waals surface area contributed by atoms with E-state index in [0.717, 1.165) is 11.3 Å². The molecule has 2 rings (SSSR count). The SMILES string of the molecule is COc1ccc([C@H](C)NC(=O)[C@@H](C)Oc2ccc(F)cc2)cc1. The molecule has 0 aliphatic carbocycles. The van der Waals surface area contributed by atoms with Gasteiger partial charge in [0.1, 0.15) is 17.3 Å². The summed E-state index contributed by atoms with van der Waals surface area (Å²) in [5, 5.41) is 2.89. The molecule has 1 amide bonds. The zero-order valence-electron chi connectivity index (χ0n) is 13.4. The minimum Gasteiger partial charge on any atom is -0.497 e. The molecule has 0 unspecified atom stereocenters. The second kappa shape index (κ2) is 7.63. The Hall–Kier alpha value is -2.56. The average molecular weight is 317 g/mol. The molecule has 0 aliphatic heterocycles. The lowest BCUT2D eigenvalue weighted by atomic mass is 10.1. The molecule has 0 saturated carbocycles. The highest BCUT2D eigenvalue weighted by molar-refractivity contribution is 5.81. The number of halogens is 1.